The van der Waals surface area contributed by atoms with E-state index in [0.29, 0.717) is 13.1 Å². The highest BCUT2D eigenvalue weighted by Gasteiger charge is 2.26. The minimum absolute atomic E-state index is 0.0357. The largest absolute Gasteiger partial charge is 0.491 e. The summed E-state index contributed by atoms with van der Waals surface area (Å²) in [4.78, 5) is 18.8. The Labute approximate surface area is 195 Å². The van der Waals surface area contributed by atoms with Crippen LogP contribution in [0.3, 0.4) is 0 Å². The molecule has 0 unspecified atom stereocenters. The van der Waals surface area contributed by atoms with E-state index in [2.05, 4.69) is 0 Å². The highest BCUT2D eigenvalue weighted by atomic mass is 16.6. The van der Waals surface area contributed by atoms with Crippen molar-refractivity contribution in [2.24, 2.45) is 0 Å². The van der Waals surface area contributed by atoms with E-state index < -0.39 is 0 Å². The maximum Gasteiger partial charge on any atom is 0.410 e. The van der Waals surface area contributed by atoms with E-state index in [1.807, 2.05) is 82.3 Å². The molecular formula is C27H32N2O4. The van der Waals surface area contributed by atoms with Crippen LogP contribution in [0.2, 0.25) is 0 Å². The zero-order valence-electron chi connectivity index (χ0n) is 19.8. The van der Waals surface area contributed by atoms with Crippen molar-refractivity contribution in [3.05, 3.63) is 54.6 Å². The van der Waals surface area contributed by atoms with Crippen molar-refractivity contribution in [1.82, 2.24) is 9.88 Å². The summed E-state index contributed by atoms with van der Waals surface area (Å²) in [6, 6.07) is 18.0. The molecule has 0 spiro atoms. The Hall–Kier alpha value is -3.28. The fourth-order valence-corrected chi connectivity index (χ4v) is 3.98. The first-order chi connectivity index (χ1) is 15.9. The molecule has 1 saturated heterocycles. The minimum Gasteiger partial charge on any atom is -0.491 e. The first-order valence-electron chi connectivity index (χ1n) is 11.7. The van der Waals surface area contributed by atoms with Crippen molar-refractivity contribution < 1.29 is 19.0 Å². The number of ether oxygens (including phenoxy) is 3. The van der Waals surface area contributed by atoms with E-state index in [1.165, 1.54) is 0 Å². The van der Waals surface area contributed by atoms with Crippen molar-refractivity contribution in [3.8, 4) is 22.8 Å². The van der Waals surface area contributed by atoms with Gasteiger partial charge in [-0.2, -0.15) is 0 Å². The maximum atomic E-state index is 12.2. The van der Waals surface area contributed by atoms with Crippen LogP contribution in [0.1, 0.15) is 40.5 Å². The normalized spacial score (nSPS) is 14.7. The molecule has 6 nitrogen and oxygen atoms in total. The number of carbonyl (C=O) groups is 1. The fraction of sp³-hybridized carbons (Fsp3) is 0.407. The molecule has 0 aliphatic carbocycles. The van der Waals surface area contributed by atoms with Crippen LogP contribution in [-0.2, 0) is 4.74 Å². The number of carbonyl (C=O) groups excluding carboxylic acids is 1. The lowest BCUT2D eigenvalue weighted by Crippen LogP contribution is -2.42. The van der Waals surface area contributed by atoms with Gasteiger partial charge in [0.15, 0.2) is 0 Å². The fourth-order valence-electron chi connectivity index (χ4n) is 3.98. The number of para-hydroxylation sites is 1. The zero-order valence-corrected chi connectivity index (χ0v) is 19.8. The number of hydrogen-bond acceptors (Lipinski definition) is 5. The first kappa shape index (κ1) is 22.9. The number of aromatic nitrogens is 1. The van der Waals surface area contributed by atoms with Crippen LogP contribution in [0.4, 0.5) is 4.79 Å². The third-order valence-electron chi connectivity index (χ3n) is 5.53. The molecule has 1 aromatic heterocycles. The van der Waals surface area contributed by atoms with Crippen molar-refractivity contribution in [3.63, 3.8) is 0 Å². The molecule has 174 valence electrons. The second-order valence-corrected chi connectivity index (χ2v) is 8.95. The van der Waals surface area contributed by atoms with E-state index in [0.717, 1.165) is 46.5 Å². The predicted molar refractivity (Wildman–Crippen MR) is 130 cm³/mol. The third-order valence-corrected chi connectivity index (χ3v) is 5.53. The molecule has 1 fully saturated rings. The molecule has 0 saturated carbocycles. The summed E-state index contributed by atoms with van der Waals surface area (Å²) in [5.74, 6) is 1.66. The summed E-state index contributed by atoms with van der Waals surface area (Å²) in [7, 11) is 0. The number of piperidine rings is 1. The SMILES string of the molecule is CC(C)OC(=O)N1CCC(Oc2cc(-c3ccc(OC(C)C)cc3)nc3ccccc23)CC1. The van der Waals surface area contributed by atoms with E-state index in [4.69, 9.17) is 19.2 Å². The topological polar surface area (TPSA) is 60.9 Å². The molecule has 1 aliphatic heterocycles. The lowest BCUT2D eigenvalue weighted by molar-refractivity contribution is 0.0520. The van der Waals surface area contributed by atoms with Gasteiger partial charge in [0, 0.05) is 42.9 Å². The molecule has 0 radical (unpaired) electrons. The van der Waals surface area contributed by atoms with E-state index in [1.54, 1.807) is 4.90 Å². The smallest absolute Gasteiger partial charge is 0.410 e. The van der Waals surface area contributed by atoms with Gasteiger partial charge in [-0.25, -0.2) is 9.78 Å². The van der Waals surface area contributed by atoms with Crippen molar-refractivity contribution >= 4 is 17.0 Å². The van der Waals surface area contributed by atoms with Crippen LogP contribution < -0.4 is 9.47 Å². The van der Waals surface area contributed by atoms with Gasteiger partial charge in [0.05, 0.1) is 23.4 Å². The van der Waals surface area contributed by atoms with Crippen molar-refractivity contribution in [2.75, 3.05) is 13.1 Å². The molecular weight excluding hydrogens is 416 g/mol. The lowest BCUT2D eigenvalue weighted by Gasteiger charge is -2.32. The maximum absolute atomic E-state index is 12.2. The highest BCUT2D eigenvalue weighted by Crippen LogP contribution is 2.32. The number of fused-ring (bicyclic) bond motifs is 1. The molecule has 4 rings (SSSR count). The number of hydrogen-bond donors (Lipinski definition) is 0. The summed E-state index contributed by atoms with van der Waals surface area (Å²) >= 11 is 0. The number of benzene rings is 2. The van der Waals surface area contributed by atoms with Gasteiger partial charge in [-0.05, 0) is 64.1 Å². The number of likely N-dealkylation sites (tertiary alicyclic amines) is 1. The van der Waals surface area contributed by atoms with Crippen molar-refractivity contribution in [1.29, 1.82) is 0 Å². The van der Waals surface area contributed by atoms with Gasteiger partial charge in [-0.3, -0.25) is 0 Å². The molecule has 3 aromatic rings. The molecule has 2 heterocycles. The summed E-state index contributed by atoms with van der Waals surface area (Å²) < 4.78 is 17.6. The Morgan fingerprint density at radius 1 is 0.970 bits per heavy atom. The zero-order chi connectivity index (χ0) is 23.4. The van der Waals surface area contributed by atoms with Crippen LogP contribution in [-0.4, -0.2) is 47.4 Å². The quantitative estimate of drug-likeness (QED) is 0.457. The van der Waals surface area contributed by atoms with Crippen LogP contribution in [0.15, 0.2) is 54.6 Å². The number of pyridine rings is 1. The summed E-state index contributed by atoms with van der Waals surface area (Å²) in [5.41, 5.74) is 2.76. The number of rotatable bonds is 6. The Morgan fingerprint density at radius 3 is 2.33 bits per heavy atom. The molecule has 1 amide bonds. The molecule has 33 heavy (non-hydrogen) atoms. The van der Waals surface area contributed by atoms with Crippen LogP contribution in [0, 0.1) is 0 Å². The summed E-state index contributed by atoms with van der Waals surface area (Å²) in [6.45, 7) is 9.02. The average Bonchev–Trinajstić information content (AvgIpc) is 2.79. The monoisotopic (exact) mass is 448 g/mol. The summed E-state index contributed by atoms with van der Waals surface area (Å²) in [5, 5.41) is 0.989. The average molecular weight is 449 g/mol. The van der Waals surface area contributed by atoms with E-state index in [9.17, 15) is 4.79 Å². The molecule has 1 aliphatic rings. The number of amides is 1. The van der Waals surface area contributed by atoms with Crippen LogP contribution in [0.5, 0.6) is 11.5 Å². The van der Waals surface area contributed by atoms with Gasteiger partial charge < -0.3 is 19.1 Å². The Balaban J connectivity index is 1.52. The predicted octanol–water partition coefficient (Wildman–Crippen LogP) is 6.08. The third kappa shape index (κ3) is 5.75. The molecule has 0 atom stereocenters. The van der Waals surface area contributed by atoms with Crippen LogP contribution in [0.25, 0.3) is 22.2 Å². The van der Waals surface area contributed by atoms with Gasteiger partial charge in [-0.15, -0.1) is 0 Å². The van der Waals surface area contributed by atoms with Gasteiger partial charge in [0.25, 0.3) is 0 Å². The van der Waals surface area contributed by atoms with Gasteiger partial charge in [0.1, 0.15) is 17.6 Å². The lowest BCUT2D eigenvalue weighted by atomic mass is 10.1. The molecule has 6 heteroatoms. The minimum atomic E-state index is -0.245. The van der Waals surface area contributed by atoms with Crippen molar-refractivity contribution in [2.45, 2.75) is 58.8 Å². The van der Waals surface area contributed by atoms with Gasteiger partial charge in [-0.1, -0.05) is 12.1 Å². The second-order valence-electron chi connectivity index (χ2n) is 8.95. The molecule has 2 aromatic carbocycles. The van der Waals surface area contributed by atoms with Gasteiger partial charge in [0.2, 0.25) is 0 Å². The van der Waals surface area contributed by atoms with Crippen LogP contribution >= 0.6 is 0 Å². The van der Waals surface area contributed by atoms with E-state index in [-0.39, 0.29) is 24.4 Å². The standard InChI is InChI=1S/C27H32N2O4/c1-18(2)31-21-11-9-20(10-12-21)25-17-26(23-7-5-6-8-24(23)28-25)33-22-13-15-29(16-14-22)27(30)32-19(3)4/h5-12,17-19,22H,13-16H2,1-4H3. The van der Waals surface area contributed by atoms with Gasteiger partial charge >= 0.3 is 6.09 Å². The first-order valence-corrected chi connectivity index (χ1v) is 11.7. The molecule has 0 bridgehead atoms. The number of nitrogens with zero attached hydrogens (tertiary/aromatic N) is 2. The highest BCUT2D eigenvalue weighted by molar-refractivity contribution is 5.88. The Bertz CT molecular complexity index is 1090. The van der Waals surface area contributed by atoms with E-state index >= 15 is 0 Å². The Kier molecular flexibility index (Phi) is 7.02. The summed E-state index contributed by atoms with van der Waals surface area (Å²) in [6.07, 6.45) is 1.34. The molecule has 0 N–H and O–H groups in total. The second kappa shape index (κ2) is 10.1. The Morgan fingerprint density at radius 2 is 1.67 bits per heavy atom.